The van der Waals surface area contributed by atoms with E-state index in [2.05, 4.69) is 20.1 Å². The highest BCUT2D eigenvalue weighted by atomic mass is 32.2. The quantitative estimate of drug-likeness (QED) is 0.151. The van der Waals surface area contributed by atoms with Crippen molar-refractivity contribution in [2.75, 3.05) is 45.1 Å². The van der Waals surface area contributed by atoms with E-state index in [4.69, 9.17) is 53.1 Å². The molecule has 14 heteroatoms. The molecule has 0 saturated carbocycles. The number of fused-ring (bicyclic) bond motifs is 1. The Labute approximate surface area is 346 Å². The molecule has 13 nitrogen and oxygen atoms in total. The third-order valence-corrected chi connectivity index (χ3v) is 15.7. The first-order valence-corrected chi connectivity index (χ1v) is 25.0. The standard InChI is InChI=1S/C44H71NO12S/c1-24-16-29(50-23-26(24)3)8-10-34-25(2)17-31(52-34)12-13-44-21-37-40(56-44)41-42(55-37)43(57-44)39-35(54-41)11-9-30(53-39)18-28(46)19-33-27(4)51-36(38(33)48-5)20-32(22-45)49-14-15-58(6,7)47/h24,27,29-43,58H,2-3,8-23,45H2,1,4-7H3/t24-,27+,29+,30-,31+,32+,33+,34+,35+,36-,37-,38-,39+,40+,41+,42+,43+,44+/m1/s1. The molecule has 2 N–H and O–H groups in total. The van der Waals surface area contributed by atoms with E-state index in [-0.39, 0.29) is 103 Å². The number of carbonyl (C=O) groups is 1. The fraction of sp³-hybridized carbons (Fsp3) is 0.886. The fourth-order valence-corrected chi connectivity index (χ4v) is 11.7. The van der Waals surface area contributed by atoms with Crippen LogP contribution in [0.5, 0.6) is 0 Å². The van der Waals surface area contributed by atoms with Crippen LogP contribution >= 0.6 is 0 Å². The summed E-state index contributed by atoms with van der Waals surface area (Å²) in [7, 11) is -0.513. The minimum Gasteiger partial charge on any atom is -0.378 e. The second-order valence-electron chi connectivity index (χ2n) is 19.3. The van der Waals surface area contributed by atoms with Gasteiger partial charge in [-0.15, -0.1) is 9.93 Å². The molecule has 9 aliphatic rings. The SMILES string of the molecule is C=C1CO[C@@H](CC[C@@H]2O[C@@H](CC[C@@]34C[C@H]5O[C@@H]6[C@@H](O3)[C@H]3O[C@@H](CC(=O)C[C@@H]7[C@@H](OC)[C@@H](C[C@@H](CN)OCC[SH](C)(C)=O)O[C@H]7C)CC[C@@H]3O[C@H]6[C@H]5O4)CC2=C)C[C@H]1C. The van der Waals surface area contributed by atoms with Crippen LogP contribution in [0.25, 0.3) is 0 Å². The van der Waals surface area contributed by atoms with Gasteiger partial charge in [0, 0.05) is 57.4 Å². The predicted molar refractivity (Wildman–Crippen MR) is 218 cm³/mol. The summed E-state index contributed by atoms with van der Waals surface area (Å²) in [6.45, 7) is 14.1. The van der Waals surface area contributed by atoms with Crippen molar-refractivity contribution in [3.05, 3.63) is 24.3 Å². The van der Waals surface area contributed by atoms with E-state index >= 15 is 0 Å². The Bertz CT molecular complexity index is 1540. The van der Waals surface area contributed by atoms with Crippen LogP contribution < -0.4 is 5.73 Å². The van der Waals surface area contributed by atoms with Gasteiger partial charge in [0.15, 0.2) is 5.79 Å². The van der Waals surface area contributed by atoms with Crippen LogP contribution in [-0.2, 0) is 62.1 Å². The molecule has 0 spiro atoms. The number of thiol groups is 1. The molecule has 0 aliphatic carbocycles. The third kappa shape index (κ3) is 9.44. The van der Waals surface area contributed by atoms with Gasteiger partial charge in [0.1, 0.15) is 36.3 Å². The van der Waals surface area contributed by atoms with Gasteiger partial charge in [-0.2, -0.15) is 0 Å². The number of carbonyl (C=O) groups excluding carboxylic acids is 1. The zero-order valence-electron chi connectivity index (χ0n) is 35.5. The van der Waals surface area contributed by atoms with Crippen molar-refractivity contribution >= 4 is 15.7 Å². The normalized spacial score (nSPS) is 45.4. The molecule has 330 valence electrons. The molecule has 9 saturated heterocycles. The zero-order valence-corrected chi connectivity index (χ0v) is 36.4. The fourth-order valence-electron chi connectivity index (χ4n) is 11.1. The summed E-state index contributed by atoms with van der Waals surface area (Å²) in [6.07, 6.45) is 9.72. The Hall–Kier alpha value is -1.14. The summed E-state index contributed by atoms with van der Waals surface area (Å²) in [6, 6.07) is 0. The summed E-state index contributed by atoms with van der Waals surface area (Å²) in [5.74, 6) is 0.225. The largest absolute Gasteiger partial charge is 0.378 e. The zero-order chi connectivity index (χ0) is 40.9. The molecule has 0 aromatic carbocycles. The third-order valence-electron chi connectivity index (χ3n) is 14.5. The van der Waals surface area contributed by atoms with Crippen molar-refractivity contribution in [1.29, 1.82) is 0 Å². The van der Waals surface area contributed by atoms with Gasteiger partial charge in [0.05, 0.1) is 74.3 Å². The topological polar surface area (TPSA) is 152 Å². The maximum atomic E-state index is 13.8. The molecular weight excluding hydrogens is 767 g/mol. The molecule has 0 amide bonds. The molecule has 0 aromatic rings. The molecule has 58 heavy (non-hydrogen) atoms. The average Bonchev–Trinajstić information content (AvgIpc) is 3.85. The lowest BCUT2D eigenvalue weighted by Crippen LogP contribution is -2.61. The maximum absolute atomic E-state index is 13.8. The molecule has 18 atom stereocenters. The van der Waals surface area contributed by atoms with Crippen LogP contribution in [0.3, 0.4) is 0 Å². The second-order valence-corrected chi connectivity index (χ2v) is 22.9. The molecule has 6 bridgehead atoms. The van der Waals surface area contributed by atoms with Crippen molar-refractivity contribution < 1.29 is 56.4 Å². The summed E-state index contributed by atoms with van der Waals surface area (Å²) >= 11 is 0. The molecule has 9 rings (SSSR count). The lowest BCUT2D eigenvalue weighted by atomic mass is 9.85. The first-order chi connectivity index (χ1) is 27.7. The minimum absolute atomic E-state index is 0.0443. The van der Waals surface area contributed by atoms with Crippen LogP contribution in [0.2, 0.25) is 0 Å². The Morgan fingerprint density at radius 1 is 0.897 bits per heavy atom. The Kier molecular flexibility index (Phi) is 13.4. The maximum Gasteiger partial charge on any atom is 0.172 e. The number of ketones is 1. The van der Waals surface area contributed by atoms with Crippen LogP contribution in [0.4, 0.5) is 0 Å². The molecular formula is C44H71NO12S. The van der Waals surface area contributed by atoms with E-state index in [1.807, 2.05) is 6.92 Å². The van der Waals surface area contributed by atoms with Crippen LogP contribution in [-0.4, -0.2) is 152 Å². The monoisotopic (exact) mass is 837 g/mol. The van der Waals surface area contributed by atoms with E-state index < -0.39 is 15.7 Å². The first-order valence-electron chi connectivity index (χ1n) is 22.2. The molecule has 9 heterocycles. The number of hydrogen-bond acceptors (Lipinski definition) is 13. The van der Waals surface area contributed by atoms with Crippen molar-refractivity contribution in [2.24, 2.45) is 17.6 Å². The Balaban J connectivity index is 0.836. The highest BCUT2D eigenvalue weighted by Crippen LogP contribution is 2.54. The van der Waals surface area contributed by atoms with Crippen molar-refractivity contribution in [3.63, 3.8) is 0 Å². The highest BCUT2D eigenvalue weighted by molar-refractivity contribution is 8.01. The van der Waals surface area contributed by atoms with Gasteiger partial charge in [0.2, 0.25) is 0 Å². The van der Waals surface area contributed by atoms with Gasteiger partial charge in [-0.25, -0.2) is 0 Å². The smallest absolute Gasteiger partial charge is 0.172 e. The van der Waals surface area contributed by atoms with Crippen LogP contribution in [0.15, 0.2) is 24.3 Å². The summed E-state index contributed by atoms with van der Waals surface area (Å²) in [5.41, 5.74) is 8.39. The highest BCUT2D eigenvalue weighted by Gasteiger charge is 2.68. The van der Waals surface area contributed by atoms with E-state index in [1.165, 1.54) is 5.57 Å². The van der Waals surface area contributed by atoms with E-state index in [0.29, 0.717) is 63.5 Å². The Morgan fingerprint density at radius 3 is 2.43 bits per heavy atom. The molecule has 0 unspecified atom stereocenters. The summed E-state index contributed by atoms with van der Waals surface area (Å²) < 4.78 is 77.0. The number of nitrogens with two attached hydrogens (primary N) is 1. The predicted octanol–water partition coefficient (Wildman–Crippen LogP) is 3.99. The van der Waals surface area contributed by atoms with E-state index in [9.17, 15) is 9.00 Å². The van der Waals surface area contributed by atoms with Crippen molar-refractivity contribution in [1.82, 2.24) is 0 Å². The van der Waals surface area contributed by atoms with Gasteiger partial charge < -0.3 is 53.1 Å². The van der Waals surface area contributed by atoms with Crippen LogP contribution in [0, 0.1) is 11.8 Å². The molecule has 0 radical (unpaired) electrons. The van der Waals surface area contributed by atoms with Gasteiger partial charge in [0.25, 0.3) is 0 Å². The summed E-state index contributed by atoms with van der Waals surface area (Å²) in [4.78, 5) is 13.8. The average molecular weight is 838 g/mol. The minimum atomic E-state index is -2.18. The number of Topliss-reactive ketones (excluding diaryl/α,β-unsaturated/α-hetero) is 1. The van der Waals surface area contributed by atoms with Gasteiger partial charge in [-0.1, -0.05) is 20.1 Å². The molecule has 9 aliphatic heterocycles. The van der Waals surface area contributed by atoms with Gasteiger partial charge in [-0.05, 0) is 81.4 Å². The number of ether oxygens (including phenoxy) is 10. The number of rotatable bonds is 18. The lowest BCUT2D eigenvalue weighted by molar-refractivity contribution is -0.292. The lowest BCUT2D eigenvalue weighted by Gasteiger charge is -2.47. The molecule has 0 aromatic heterocycles. The Morgan fingerprint density at radius 2 is 1.67 bits per heavy atom. The van der Waals surface area contributed by atoms with Gasteiger partial charge in [-0.3, -0.25) is 9.00 Å². The molecule has 9 fully saturated rings. The number of hydrogen-bond donors (Lipinski definition) is 2. The van der Waals surface area contributed by atoms with Crippen LogP contribution in [0.1, 0.15) is 90.9 Å². The van der Waals surface area contributed by atoms with Crippen molar-refractivity contribution in [2.45, 2.75) is 188 Å². The van der Waals surface area contributed by atoms with E-state index in [1.54, 1.807) is 19.6 Å². The van der Waals surface area contributed by atoms with E-state index in [0.717, 1.165) is 50.5 Å². The second kappa shape index (κ2) is 17.9. The summed E-state index contributed by atoms with van der Waals surface area (Å²) in [5, 5.41) is 0. The first kappa shape index (κ1) is 43.5. The number of methoxy groups -OCH3 is 1. The van der Waals surface area contributed by atoms with Crippen molar-refractivity contribution in [3.8, 4) is 0 Å². The van der Waals surface area contributed by atoms with Gasteiger partial charge >= 0.3 is 0 Å².